The van der Waals surface area contributed by atoms with Crippen LogP contribution in [-0.4, -0.2) is 43.3 Å². The summed E-state index contributed by atoms with van der Waals surface area (Å²) < 4.78 is 5.95. The molecule has 3 heteroatoms. The van der Waals surface area contributed by atoms with Crippen LogP contribution < -0.4 is 5.73 Å². The third-order valence-corrected chi connectivity index (χ3v) is 4.78. The van der Waals surface area contributed by atoms with Gasteiger partial charge in [-0.15, -0.1) is 0 Å². The van der Waals surface area contributed by atoms with Crippen molar-refractivity contribution in [1.29, 1.82) is 0 Å². The predicted molar refractivity (Wildman–Crippen MR) is 75.6 cm³/mol. The fourth-order valence-electron chi connectivity index (χ4n) is 3.71. The minimum atomic E-state index is 0.286. The minimum absolute atomic E-state index is 0.286. The Bertz CT molecular complexity index is 257. The molecule has 2 fully saturated rings. The van der Waals surface area contributed by atoms with Crippen molar-refractivity contribution < 1.29 is 4.74 Å². The first-order valence-corrected chi connectivity index (χ1v) is 7.74. The summed E-state index contributed by atoms with van der Waals surface area (Å²) in [7, 11) is 0. The smallest absolute Gasteiger partial charge is 0.0730 e. The van der Waals surface area contributed by atoms with Crippen molar-refractivity contribution in [1.82, 2.24) is 4.90 Å². The van der Waals surface area contributed by atoms with E-state index in [0.717, 1.165) is 26.2 Å². The normalized spacial score (nSPS) is 32.8. The van der Waals surface area contributed by atoms with Crippen LogP contribution in [0.3, 0.4) is 0 Å². The van der Waals surface area contributed by atoms with E-state index in [2.05, 4.69) is 18.7 Å². The Labute approximate surface area is 112 Å². The lowest BCUT2D eigenvalue weighted by molar-refractivity contribution is -0.0977. The predicted octanol–water partition coefficient (Wildman–Crippen LogP) is 2.39. The van der Waals surface area contributed by atoms with Gasteiger partial charge >= 0.3 is 0 Å². The van der Waals surface area contributed by atoms with Crippen molar-refractivity contribution in [2.24, 2.45) is 11.1 Å². The minimum Gasteiger partial charge on any atom is -0.375 e. The molecule has 0 spiro atoms. The average molecular weight is 254 g/mol. The first-order chi connectivity index (χ1) is 8.68. The molecule has 2 N–H and O–H groups in total. The van der Waals surface area contributed by atoms with Crippen LogP contribution in [0.25, 0.3) is 0 Å². The molecule has 1 saturated heterocycles. The summed E-state index contributed by atoms with van der Waals surface area (Å²) in [6.07, 6.45) is 8.25. The molecule has 2 rings (SSSR count). The summed E-state index contributed by atoms with van der Waals surface area (Å²) in [4.78, 5) is 2.68. The van der Waals surface area contributed by atoms with Gasteiger partial charge in [0.15, 0.2) is 0 Å². The van der Waals surface area contributed by atoms with Crippen molar-refractivity contribution >= 4 is 0 Å². The van der Waals surface area contributed by atoms with E-state index in [4.69, 9.17) is 10.5 Å². The monoisotopic (exact) mass is 254 g/mol. The van der Waals surface area contributed by atoms with E-state index in [1.165, 1.54) is 38.5 Å². The van der Waals surface area contributed by atoms with E-state index >= 15 is 0 Å². The van der Waals surface area contributed by atoms with E-state index in [1.807, 2.05) is 0 Å². The fourth-order valence-corrected chi connectivity index (χ4v) is 3.71. The zero-order chi connectivity index (χ0) is 13.0. The topological polar surface area (TPSA) is 38.5 Å². The molecule has 1 aliphatic heterocycles. The third kappa shape index (κ3) is 3.25. The molecule has 1 aliphatic carbocycles. The van der Waals surface area contributed by atoms with Crippen LogP contribution in [0.1, 0.15) is 52.4 Å². The average Bonchev–Trinajstić information content (AvgIpc) is 2.39. The molecule has 0 bridgehead atoms. The number of rotatable bonds is 5. The highest BCUT2D eigenvalue weighted by atomic mass is 16.5. The molecule has 106 valence electrons. The van der Waals surface area contributed by atoms with E-state index in [1.54, 1.807) is 0 Å². The van der Waals surface area contributed by atoms with E-state index in [-0.39, 0.29) is 5.41 Å². The molecule has 1 saturated carbocycles. The Balaban J connectivity index is 1.97. The van der Waals surface area contributed by atoms with Gasteiger partial charge in [0.25, 0.3) is 0 Å². The Morgan fingerprint density at radius 2 is 2.11 bits per heavy atom. The Hall–Kier alpha value is -0.120. The van der Waals surface area contributed by atoms with Gasteiger partial charge in [-0.05, 0) is 31.2 Å². The van der Waals surface area contributed by atoms with Gasteiger partial charge in [0.1, 0.15) is 0 Å². The van der Waals surface area contributed by atoms with E-state index in [0.29, 0.717) is 12.1 Å². The number of morpholine rings is 1. The van der Waals surface area contributed by atoms with Gasteiger partial charge in [-0.3, -0.25) is 4.90 Å². The summed E-state index contributed by atoms with van der Waals surface area (Å²) in [5.41, 5.74) is 6.31. The Morgan fingerprint density at radius 3 is 2.83 bits per heavy atom. The molecule has 0 amide bonds. The van der Waals surface area contributed by atoms with Crippen LogP contribution in [0.2, 0.25) is 0 Å². The lowest BCUT2D eigenvalue weighted by atomic mass is 9.82. The van der Waals surface area contributed by atoms with Crippen LogP contribution in [-0.2, 0) is 4.74 Å². The molecule has 1 heterocycles. The maximum Gasteiger partial charge on any atom is 0.0730 e. The highest BCUT2D eigenvalue weighted by Gasteiger charge is 2.37. The molecule has 18 heavy (non-hydrogen) atoms. The highest BCUT2D eigenvalue weighted by molar-refractivity contribution is 4.90. The summed E-state index contributed by atoms with van der Waals surface area (Å²) in [5, 5.41) is 0. The molecule has 0 aromatic rings. The van der Waals surface area contributed by atoms with Gasteiger partial charge in [-0.25, -0.2) is 0 Å². The molecule has 0 radical (unpaired) electrons. The lowest BCUT2D eigenvalue weighted by Gasteiger charge is -2.47. The molecule has 3 atom stereocenters. The second kappa shape index (κ2) is 6.36. The molecular weight excluding hydrogens is 224 g/mol. The van der Waals surface area contributed by atoms with Crippen LogP contribution in [0.5, 0.6) is 0 Å². The maximum atomic E-state index is 6.02. The maximum absolute atomic E-state index is 6.02. The standard InChI is InChI=1S/C15H30N2O/c1-3-8-15(2,11-16)12-17-9-10-18-14-7-5-4-6-13(14)17/h13-14H,3-12,16H2,1-2H3. The number of nitrogens with two attached hydrogens (primary N) is 1. The molecule has 0 aromatic carbocycles. The first kappa shape index (κ1) is 14.3. The Morgan fingerprint density at radius 1 is 1.33 bits per heavy atom. The van der Waals surface area contributed by atoms with E-state index in [9.17, 15) is 0 Å². The zero-order valence-corrected chi connectivity index (χ0v) is 12.2. The number of fused-ring (bicyclic) bond motifs is 1. The van der Waals surface area contributed by atoms with Crippen LogP contribution in [0.4, 0.5) is 0 Å². The molecular formula is C15H30N2O. The van der Waals surface area contributed by atoms with Crippen LogP contribution in [0, 0.1) is 5.41 Å². The number of ether oxygens (including phenoxy) is 1. The first-order valence-electron chi connectivity index (χ1n) is 7.74. The van der Waals surface area contributed by atoms with Gasteiger partial charge < -0.3 is 10.5 Å². The number of hydrogen-bond donors (Lipinski definition) is 1. The highest BCUT2D eigenvalue weighted by Crippen LogP contribution is 2.32. The van der Waals surface area contributed by atoms with Crippen molar-refractivity contribution in [2.45, 2.75) is 64.5 Å². The fraction of sp³-hybridized carbons (Fsp3) is 1.00. The number of hydrogen-bond acceptors (Lipinski definition) is 3. The van der Waals surface area contributed by atoms with Gasteiger partial charge in [0.05, 0.1) is 12.7 Å². The largest absolute Gasteiger partial charge is 0.375 e. The van der Waals surface area contributed by atoms with Crippen molar-refractivity contribution in [3.8, 4) is 0 Å². The van der Waals surface area contributed by atoms with Crippen LogP contribution in [0.15, 0.2) is 0 Å². The summed E-state index contributed by atoms with van der Waals surface area (Å²) in [6, 6.07) is 0.662. The number of nitrogens with zero attached hydrogens (tertiary/aromatic N) is 1. The molecule has 3 unspecified atom stereocenters. The molecule has 0 aromatic heterocycles. The second-order valence-electron chi connectivity index (χ2n) is 6.50. The third-order valence-electron chi connectivity index (χ3n) is 4.78. The van der Waals surface area contributed by atoms with E-state index < -0.39 is 0 Å². The quantitative estimate of drug-likeness (QED) is 0.819. The van der Waals surface area contributed by atoms with Gasteiger partial charge in [-0.1, -0.05) is 33.1 Å². The summed E-state index contributed by atoms with van der Waals surface area (Å²) in [6.45, 7) is 8.58. The van der Waals surface area contributed by atoms with Crippen molar-refractivity contribution in [3.63, 3.8) is 0 Å². The summed E-state index contributed by atoms with van der Waals surface area (Å²) in [5.74, 6) is 0. The second-order valence-corrected chi connectivity index (χ2v) is 6.50. The van der Waals surface area contributed by atoms with Gasteiger partial charge in [0, 0.05) is 19.1 Å². The Kier molecular flexibility index (Phi) is 5.05. The van der Waals surface area contributed by atoms with Crippen molar-refractivity contribution in [2.75, 3.05) is 26.2 Å². The van der Waals surface area contributed by atoms with Crippen molar-refractivity contribution in [3.05, 3.63) is 0 Å². The van der Waals surface area contributed by atoms with Gasteiger partial charge in [-0.2, -0.15) is 0 Å². The molecule has 3 nitrogen and oxygen atoms in total. The zero-order valence-electron chi connectivity index (χ0n) is 12.2. The molecule has 2 aliphatic rings. The van der Waals surface area contributed by atoms with Crippen LogP contribution >= 0.6 is 0 Å². The van der Waals surface area contributed by atoms with Gasteiger partial charge in [0.2, 0.25) is 0 Å². The SMILES string of the molecule is CCCC(C)(CN)CN1CCOC2CCCCC21. The lowest BCUT2D eigenvalue weighted by Crippen LogP contribution is -2.56. The summed E-state index contributed by atoms with van der Waals surface area (Å²) >= 11 is 0.